The molecule has 0 unspecified atom stereocenters. The van der Waals surface area contributed by atoms with E-state index in [1.54, 1.807) is 43.1 Å². The predicted molar refractivity (Wildman–Crippen MR) is 190 cm³/mol. The molecule has 2 amide bonds. The van der Waals surface area contributed by atoms with Gasteiger partial charge in [-0.3, -0.25) is 9.59 Å². The second kappa shape index (κ2) is 15.5. The molecule has 0 bridgehead atoms. The van der Waals surface area contributed by atoms with Crippen molar-refractivity contribution in [3.8, 4) is 5.75 Å². The van der Waals surface area contributed by atoms with E-state index in [1.165, 1.54) is 0 Å². The third-order valence-electron chi connectivity index (χ3n) is 7.96. The van der Waals surface area contributed by atoms with Gasteiger partial charge in [0.2, 0.25) is 29.7 Å². The van der Waals surface area contributed by atoms with Crippen LogP contribution in [-0.4, -0.2) is 60.1 Å². The molecule has 4 aromatic carbocycles. The maximum Gasteiger partial charge on any atom is 0.249 e. The molecular formula is C37H40N8O3. The van der Waals surface area contributed by atoms with Crippen LogP contribution < -0.4 is 30.9 Å². The third kappa shape index (κ3) is 8.64. The number of aryl methyl sites for hydroxylation is 1. The lowest BCUT2D eigenvalue weighted by Crippen LogP contribution is -2.43. The average molecular weight is 645 g/mol. The second-order valence-electron chi connectivity index (χ2n) is 11.4. The van der Waals surface area contributed by atoms with Crippen LogP contribution in [0.25, 0.3) is 0 Å². The summed E-state index contributed by atoms with van der Waals surface area (Å²) in [6.07, 6.45) is 0.719. The number of methoxy groups -OCH3 is 1. The highest BCUT2D eigenvalue weighted by atomic mass is 16.5. The molecule has 0 spiro atoms. The molecule has 4 N–H and O–H groups in total. The number of rotatable bonds is 13. The number of hydrogen-bond acceptors (Lipinski definition) is 9. The van der Waals surface area contributed by atoms with Gasteiger partial charge >= 0.3 is 0 Å². The van der Waals surface area contributed by atoms with Crippen LogP contribution in [0.5, 0.6) is 5.75 Å². The number of nitrogen functional groups attached to an aromatic ring is 1. The number of benzene rings is 4. The van der Waals surface area contributed by atoms with Crippen LogP contribution in [0.2, 0.25) is 0 Å². The van der Waals surface area contributed by atoms with Crippen molar-refractivity contribution in [2.75, 3.05) is 47.4 Å². The maximum absolute atomic E-state index is 13.9. The number of aromatic nitrogens is 3. The summed E-state index contributed by atoms with van der Waals surface area (Å²) in [5.41, 5.74) is 10.6. The summed E-state index contributed by atoms with van der Waals surface area (Å²) in [7, 11) is 5.04. The molecule has 0 radical (unpaired) electrons. The van der Waals surface area contributed by atoms with Crippen LogP contribution in [0, 0.1) is 6.92 Å². The summed E-state index contributed by atoms with van der Waals surface area (Å²) >= 11 is 0. The Balaban J connectivity index is 1.42. The number of ether oxygens (including phenoxy) is 1. The second-order valence-corrected chi connectivity index (χ2v) is 11.4. The van der Waals surface area contributed by atoms with Crippen molar-refractivity contribution in [1.82, 2.24) is 15.0 Å². The van der Waals surface area contributed by atoms with Gasteiger partial charge in [-0.25, -0.2) is 0 Å². The predicted octanol–water partition coefficient (Wildman–Crippen LogP) is 5.14. The molecule has 11 nitrogen and oxygen atoms in total. The number of nitrogens with zero attached hydrogens (tertiary/aromatic N) is 5. The SMILES string of the molecule is COc1ccc(N(C)C(=O)[C@H](Cc2ccccc2)Nc2nc(N)nc(N[C@@H](Cc3ccccc3)C(=O)N(C)c3ccc(C)cc3)n2)cc1. The van der Waals surface area contributed by atoms with Crippen LogP contribution in [0.4, 0.5) is 29.2 Å². The summed E-state index contributed by atoms with van der Waals surface area (Å²) < 4.78 is 5.27. The van der Waals surface area contributed by atoms with Crippen LogP contribution in [-0.2, 0) is 22.4 Å². The van der Waals surface area contributed by atoms with Gasteiger partial charge in [0.25, 0.3) is 0 Å². The van der Waals surface area contributed by atoms with Gasteiger partial charge in [0.15, 0.2) is 0 Å². The van der Waals surface area contributed by atoms with Crippen molar-refractivity contribution in [3.63, 3.8) is 0 Å². The molecule has 0 fully saturated rings. The zero-order valence-corrected chi connectivity index (χ0v) is 27.5. The molecule has 5 aromatic rings. The van der Waals surface area contributed by atoms with Crippen molar-refractivity contribution in [1.29, 1.82) is 0 Å². The molecule has 2 atom stereocenters. The van der Waals surface area contributed by atoms with Crippen molar-refractivity contribution in [2.24, 2.45) is 0 Å². The van der Waals surface area contributed by atoms with Crippen molar-refractivity contribution in [2.45, 2.75) is 31.8 Å². The van der Waals surface area contributed by atoms with Gasteiger partial charge in [-0.1, -0.05) is 78.4 Å². The first-order valence-electron chi connectivity index (χ1n) is 15.6. The van der Waals surface area contributed by atoms with E-state index < -0.39 is 12.1 Å². The van der Waals surface area contributed by atoms with Gasteiger partial charge in [-0.05, 0) is 54.4 Å². The van der Waals surface area contributed by atoms with Gasteiger partial charge in [-0.2, -0.15) is 15.0 Å². The average Bonchev–Trinajstić information content (AvgIpc) is 3.11. The van der Waals surface area contributed by atoms with E-state index >= 15 is 0 Å². The summed E-state index contributed by atoms with van der Waals surface area (Å²) in [5, 5.41) is 6.40. The zero-order valence-electron chi connectivity index (χ0n) is 27.5. The Labute approximate surface area is 280 Å². The smallest absolute Gasteiger partial charge is 0.249 e. The molecule has 0 aliphatic heterocycles. The zero-order chi connectivity index (χ0) is 34.0. The lowest BCUT2D eigenvalue weighted by Gasteiger charge is -2.26. The first-order chi connectivity index (χ1) is 23.2. The fourth-order valence-electron chi connectivity index (χ4n) is 5.23. The third-order valence-corrected chi connectivity index (χ3v) is 7.96. The first-order valence-corrected chi connectivity index (χ1v) is 15.6. The van der Waals surface area contributed by atoms with E-state index in [1.807, 2.05) is 104 Å². The maximum atomic E-state index is 13.9. The Morgan fingerprint density at radius 2 is 1.08 bits per heavy atom. The largest absolute Gasteiger partial charge is 0.497 e. The highest BCUT2D eigenvalue weighted by molar-refractivity contribution is 5.99. The normalized spacial score (nSPS) is 12.0. The lowest BCUT2D eigenvalue weighted by molar-refractivity contribution is -0.119. The minimum absolute atomic E-state index is 0.0674. The molecule has 1 aromatic heterocycles. The first kappa shape index (κ1) is 33.4. The quantitative estimate of drug-likeness (QED) is 0.159. The number of carbonyl (C=O) groups excluding carboxylic acids is 2. The topological polar surface area (TPSA) is 139 Å². The summed E-state index contributed by atoms with van der Waals surface area (Å²) in [4.78, 5) is 44.2. The Hall–Kier alpha value is -5.97. The van der Waals surface area contributed by atoms with Gasteiger partial charge in [0, 0.05) is 38.3 Å². The Morgan fingerprint density at radius 3 is 1.50 bits per heavy atom. The Bertz CT molecular complexity index is 1800. The van der Waals surface area contributed by atoms with Gasteiger partial charge < -0.3 is 30.9 Å². The van der Waals surface area contributed by atoms with E-state index in [4.69, 9.17) is 10.5 Å². The fourth-order valence-corrected chi connectivity index (χ4v) is 5.23. The monoisotopic (exact) mass is 644 g/mol. The molecule has 1 heterocycles. The molecular weight excluding hydrogens is 604 g/mol. The molecule has 0 saturated heterocycles. The van der Waals surface area contributed by atoms with Gasteiger partial charge in [0.1, 0.15) is 17.8 Å². The standard InChI is InChI=1S/C37H40N8O3/c1-25-15-17-28(18-16-25)44(2)33(46)31(23-26-11-7-5-8-12-26)39-36-41-35(38)42-37(43-36)40-32(24-27-13-9-6-10-14-27)34(47)45(3)29-19-21-30(48-4)22-20-29/h5-22,31-32H,23-24H2,1-4H3,(H4,38,39,40,41,42,43)/t31-,32-/m0/s1. The number of amides is 2. The van der Waals surface area contributed by atoms with Crippen molar-refractivity contribution < 1.29 is 14.3 Å². The molecule has 0 aliphatic rings. The van der Waals surface area contributed by atoms with Gasteiger partial charge in [-0.15, -0.1) is 0 Å². The molecule has 0 aliphatic carbocycles. The molecule has 0 saturated carbocycles. The number of anilines is 5. The minimum Gasteiger partial charge on any atom is -0.497 e. The molecule has 11 heteroatoms. The van der Waals surface area contributed by atoms with E-state index in [9.17, 15) is 9.59 Å². The highest BCUT2D eigenvalue weighted by Crippen LogP contribution is 2.22. The molecule has 48 heavy (non-hydrogen) atoms. The number of hydrogen-bond donors (Lipinski definition) is 3. The van der Waals surface area contributed by atoms with E-state index in [0.29, 0.717) is 24.3 Å². The summed E-state index contributed by atoms with van der Waals surface area (Å²) in [5.74, 6) is 0.422. The molecule has 5 rings (SSSR count). The van der Waals surface area contributed by atoms with E-state index in [2.05, 4.69) is 25.6 Å². The number of nitrogens with one attached hydrogen (secondary N) is 2. The summed E-state index contributed by atoms with van der Waals surface area (Å²) in [6, 6.07) is 32.8. The van der Waals surface area contributed by atoms with Crippen LogP contribution >= 0.6 is 0 Å². The Kier molecular flexibility index (Phi) is 10.8. The number of carbonyl (C=O) groups is 2. The van der Waals surface area contributed by atoms with Crippen molar-refractivity contribution in [3.05, 3.63) is 126 Å². The summed E-state index contributed by atoms with van der Waals surface area (Å²) in [6.45, 7) is 2.00. The fraction of sp³-hybridized carbons (Fsp3) is 0.216. The van der Waals surface area contributed by atoms with Crippen molar-refractivity contribution >= 4 is 41.0 Å². The number of nitrogens with two attached hydrogens (primary N) is 1. The van der Waals surface area contributed by atoms with Gasteiger partial charge in [0.05, 0.1) is 7.11 Å². The van der Waals surface area contributed by atoms with E-state index in [-0.39, 0.29) is 29.7 Å². The molecule has 246 valence electrons. The highest BCUT2D eigenvalue weighted by Gasteiger charge is 2.27. The van der Waals surface area contributed by atoms with E-state index in [0.717, 1.165) is 22.4 Å². The van der Waals surface area contributed by atoms with Crippen LogP contribution in [0.15, 0.2) is 109 Å². The Morgan fingerprint density at radius 1 is 0.667 bits per heavy atom. The number of likely N-dealkylation sites (N-methyl/N-ethyl adjacent to an activating group) is 2. The lowest BCUT2D eigenvalue weighted by atomic mass is 10.0. The minimum atomic E-state index is -0.761. The van der Waals surface area contributed by atoms with Crippen LogP contribution in [0.1, 0.15) is 16.7 Å². The van der Waals surface area contributed by atoms with Crippen LogP contribution in [0.3, 0.4) is 0 Å².